The van der Waals surface area contributed by atoms with Crippen molar-refractivity contribution in [1.82, 2.24) is 15.2 Å². The average molecular weight is 668 g/mol. The fourth-order valence-corrected chi connectivity index (χ4v) is 5.62. The number of hydrogen-bond donors (Lipinski definition) is 3. The van der Waals surface area contributed by atoms with Gasteiger partial charge in [0.25, 0.3) is 5.91 Å². The zero-order chi connectivity index (χ0) is 33.9. The Morgan fingerprint density at radius 1 is 0.938 bits per heavy atom. The molecule has 9 nitrogen and oxygen atoms in total. The summed E-state index contributed by atoms with van der Waals surface area (Å²) in [6.07, 6.45) is 1.37. The van der Waals surface area contributed by atoms with E-state index < -0.39 is 18.0 Å². The first kappa shape index (κ1) is 34.5. The zero-order valence-electron chi connectivity index (χ0n) is 26.6. The lowest BCUT2D eigenvalue weighted by atomic mass is 10.0. The number of aromatic nitrogens is 1. The topological polar surface area (TPSA) is 121 Å². The number of carbonyl (C=O) groups is 2. The third-order valence-corrected chi connectivity index (χ3v) is 8.12. The minimum absolute atomic E-state index is 0.0980. The molecule has 2 atom stereocenters. The van der Waals surface area contributed by atoms with Gasteiger partial charge in [-0.3, -0.25) is 19.5 Å². The van der Waals surface area contributed by atoms with Crippen LogP contribution >= 0.6 is 11.6 Å². The number of benzene rings is 4. The average Bonchev–Trinajstić information content (AvgIpc) is 3.10. The van der Waals surface area contributed by atoms with Gasteiger partial charge in [0.05, 0.1) is 24.8 Å². The van der Waals surface area contributed by atoms with Crippen molar-refractivity contribution in [2.75, 3.05) is 26.3 Å². The van der Waals surface area contributed by atoms with E-state index in [1.165, 1.54) is 0 Å². The summed E-state index contributed by atoms with van der Waals surface area (Å²) in [7, 11) is 0. The summed E-state index contributed by atoms with van der Waals surface area (Å²) < 4.78 is 11.1. The fourth-order valence-electron chi connectivity index (χ4n) is 5.42. The molecule has 0 unspecified atom stereocenters. The van der Waals surface area contributed by atoms with E-state index in [1.807, 2.05) is 66.7 Å². The molecule has 1 aromatic heterocycles. The number of amides is 1. The van der Waals surface area contributed by atoms with Crippen LogP contribution in [0.4, 0.5) is 0 Å². The maximum absolute atomic E-state index is 12.6. The van der Waals surface area contributed by atoms with Gasteiger partial charge in [0.15, 0.2) is 0 Å². The van der Waals surface area contributed by atoms with Gasteiger partial charge in [-0.1, -0.05) is 66.2 Å². The number of nitrogens with one attached hydrogen (secondary N) is 1. The van der Waals surface area contributed by atoms with Gasteiger partial charge < -0.3 is 25.0 Å². The molecule has 1 heterocycles. The van der Waals surface area contributed by atoms with Crippen LogP contribution in [0.15, 0.2) is 109 Å². The molecule has 48 heavy (non-hydrogen) atoms. The van der Waals surface area contributed by atoms with E-state index in [2.05, 4.69) is 15.2 Å². The summed E-state index contributed by atoms with van der Waals surface area (Å²) in [4.78, 5) is 30.6. The molecule has 5 aromatic rings. The van der Waals surface area contributed by atoms with Crippen molar-refractivity contribution in [3.63, 3.8) is 0 Å². The van der Waals surface area contributed by atoms with Crippen LogP contribution in [-0.4, -0.2) is 64.3 Å². The Bertz CT molecular complexity index is 1820. The van der Waals surface area contributed by atoms with Gasteiger partial charge in [-0.2, -0.15) is 0 Å². The number of rotatable bonds is 15. The molecule has 0 spiro atoms. The van der Waals surface area contributed by atoms with Gasteiger partial charge in [0, 0.05) is 41.3 Å². The van der Waals surface area contributed by atoms with E-state index in [9.17, 15) is 19.8 Å². The summed E-state index contributed by atoms with van der Waals surface area (Å²) in [5.74, 6) is 0.274. The Morgan fingerprint density at radius 2 is 1.73 bits per heavy atom. The molecule has 0 saturated carbocycles. The lowest BCUT2D eigenvalue weighted by molar-refractivity contribution is -0.141. The summed E-state index contributed by atoms with van der Waals surface area (Å²) in [5, 5.41) is 25.5. The quantitative estimate of drug-likeness (QED) is 0.114. The maximum Gasteiger partial charge on any atom is 0.325 e. The third kappa shape index (κ3) is 9.39. The molecule has 0 saturated heterocycles. The van der Waals surface area contributed by atoms with Crippen molar-refractivity contribution in [2.24, 2.45) is 0 Å². The van der Waals surface area contributed by atoms with E-state index in [4.69, 9.17) is 21.1 Å². The standard InChI is InChI=1S/C38H38ClN3O6/c1-2-47-37(45)22-41-38(46)29-13-16-33-34(21-29)40-18-17-36(33)48-32-14-11-26(12-15-32)19-31(25-43)42(23-27-7-4-3-5-8-27)24-35(44)28-9-6-10-30(39)20-28/h3-18,20-21,31,35,43-44H,2,19,22-25H2,1H3,(H,41,46)/t31-,35+/m0/s1. The minimum atomic E-state index is -0.789. The van der Waals surface area contributed by atoms with E-state index in [-0.39, 0.29) is 25.8 Å². The number of aliphatic hydroxyl groups is 2. The lowest BCUT2D eigenvalue weighted by Crippen LogP contribution is -2.41. The van der Waals surface area contributed by atoms with Crippen molar-refractivity contribution in [3.8, 4) is 11.5 Å². The van der Waals surface area contributed by atoms with Crippen LogP contribution < -0.4 is 10.1 Å². The highest BCUT2D eigenvalue weighted by atomic mass is 35.5. The predicted molar refractivity (Wildman–Crippen MR) is 185 cm³/mol. The number of nitrogens with zero attached hydrogens (tertiary/aromatic N) is 2. The number of hydrogen-bond acceptors (Lipinski definition) is 8. The molecule has 3 N–H and O–H groups in total. The molecule has 5 rings (SSSR count). The number of esters is 1. The number of carbonyl (C=O) groups excluding carboxylic acids is 2. The predicted octanol–water partition coefficient (Wildman–Crippen LogP) is 6.11. The molecule has 10 heteroatoms. The normalized spacial score (nSPS) is 12.4. The number of ether oxygens (including phenoxy) is 2. The molecular weight excluding hydrogens is 630 g/mol. The first-order valence-corrected chi connectivity index (χ1v) is 16.1. The van der Waals surface area contributed by atoms with Crippen molar-refractivity contribution >= 4 is 34.4 Å². The summed E-state index contributed by atoms with van der Waals surface area (Å²) in [6, 6.07) is 31.4. The summed E-state index contributed by atoms with van der Waals surface area (Å²) in [5.41, 5.74) is 3.72. The van der Waals surface area contributed by atoms with Gasteiger partial charge in [-0.15, -0.1) is 0 Å². The third-order valence-electron chi connectivity index (χ3n) is 7.88. The Kier molecular flexibility index (Phi) is 12.1. The SMILES string of the molecule is CCOC(=O)CNC(=O)c1ccc2c(Oc3ccc(C[C@@H](CO)N(Cc4ccccc4)C[C@@H](O)c4cccc(Cl)c4)cc3)ccnc2c1. The first-order valence-electron chi connectivity index (χ1n) is 15.7. The highest BCUT2D eigenvalue weighted by Crippen LogP contribution is 2.30. The van der Waals surface area contributed by atoms with Crippen LogP contribution in [0.1, 0.15) is 40.1 Å². The van der Waals surface area contributed by atoms with Gasteiger partial charge >= 0.3 is 5.97 Å². The Labute approximate surface area is 284 Å². The molecular formula is C38H38ClN3O6. The van der Waals surface area contributed by atoms with Crippen molar-refractivity contribution in [3.05, 3.63) is 137 Å². The lowest BCUT2D eigenvalue weighted by Gasteiger charge is -2.32. The molecule has 0 radical (unpaired) electrons. The molecule has 0 aliphatic rings. The fraction of sp³-hybridized carbons (Fsp3) is 0.237. The van der Waals surface area contributed by atoms with Crippen LogP contribution in [0.25, 0.3) is 10.9 Å². The molecule has 0 aliphatic carbocycles. The van der Waals surface area contributed by atoms with Crippen molar-refractivity contribution in [2.45, 2.75) is 32.0 Å². The molecule has 0 bridgehead atoms. The second kappa shape index (κ2) is 16.9. The second-order valence-electron chi connectivity index (χ2n) is 11.3. The van der Waals surface area contributed by atoms with Gasteiger partial charge in [-0.25, -0.2) is 0 Å². The molecule has 248 valence electrons. The Hall–Kier alpha value is -4.80. The highest BCUT2D eigenvalue weighted by molar-refractivity contribution is 6.30. The maximum atomic E-state index is 12.6. The second-order valence-corrected chi connectivity index (χ2v) is 11.7. The smallest absolute Gasteiger partial charge is 0.325 e. The van der Waals surface area contributed by atoms with E-state index in [1.54, 1.807) is 49.5 Å². The van der Waals surface area contributed by atoms with Crippen LogP contribution in [0, 0.1) is 0 Å². The summed E-state index contributed by atoms with van der Waals surface area (Å²) in [6.45, 7) is 2.49. The molecule has 1 amide bonds. The Balaban J connectivity index is 1.27. The van der Waals surface area contributed by atoms with E-state index in [0.717, 1.165) is 22.1 Å². The largest absolute Gasteiger partial charge is 0.465 e. The van der Waals surface area contributed by atoms with Crippen molar-refractivity contribution < 1.29 is 29.3 Å². The van der Waals surface area contributed by atoms with E-state index in [0.29, 0.717) is 47.1 Å². The number of fused-ring (bicyclic) bond motifs is 1. The molecule has 0 fully saturated rings. The highest BCUT2D eigenvalue weighted by Gasteiger charge is 2.23. The number of halogens is 1. The monoisotopic (exact) mass is 667 g/mol. The van der Waals surface area contributed by atoms with Gasteiger partial charge in [-0.05, 0) is 78.6 Å². The first-order chi connectivity index (χ1) is 23.3. The van der Waals surface area contributed by atoms with Crippen molar-refractivity contribution in [1.29, 1.82) is 0 Å². The Morgan fingerprint density at radius 3 is 2.46 bits per heavy atom. The number of pyridine rings is 1. The van der Waals surface area contributed by atoms with Crippen LogP contribution in [0.3, 0.4) is 0 Å². The van der Waals surface area contributed by atoms with Crippen LogP contribution in [0.5, 0.6) is 11.5 Å². The van der Waals surface area contributed by atoms with E-state index >= 15 is 0 Å². The van der Waals surface area contributed by atoms with Crippen LogP contribution in [-0.2, 0) is 22.5 Å². The number of aliphatic hydroxyl groups excluding tert-OH is 2. The molecule has 4 aromatic carbocycles. The molecule has 0 aliphatic heterocycles. The van der Waals surface area contributed by atoms with Crippen LogP contribution in [0.2, 0.25) is 5.02 Å². The summed E-state index contributed by atoms with van der Waals surface area (Å²) >= 11 is 6.18. The van der Waals surface area contributed by atoms with Gasteiger partial charge in [0.2, 0.25) is 0 Å². The zero-order valence-corrected chi connectivity index (χ0v) is 27.3. The minimum Gasteiger partial charge on any atom is -0.465 e. The van der Waals surface area contributed by atoms with Gasteiger partial charge in [0.1, 0.15) is 18.0 Å².